The third-order valence-corrected chi connectivity index (χ3v) is 12.9. The topological polar surface area (TPSA) is 135 Å². The highest BCUT2D eigenvalue weighted by Gasteiger charge is 2.44. The molecule has 0 saturated carbocycles. The van der Waals surface area contributed by atoms with Crippen molar-refractivity contribution in [2.24, 2.45) is 0 Å². The summed E-state index contributed by atoms with van der Waals surface area (Å²) in [6.45, 7) is 4.53. The molecule has 0 aromatic heterocycles. The molecule has 6 atom stereocenters. The largest absolute Gasteiger partial charge is 0.457 e. The summed E-state index contributed by atoms with van der Waals surface area (Å²) in [5, 5.41) is 40.3. The molecule has 0 aliphatic carbocycles. The van der Waals surface area contributed by atoms with Crippen LogP contribution in [0.15, 0.2) is 60.8 Å². The number of hydrogen-bond acceptors (Lipinski definition) is 9. The number of allylic oxidation sites excluding steroid dienone is 10. The van der Waals surface area contributed by atoms with Crippen molar-refractivity contribution in [3.8, 4) is 0 Å². The zero-order valence-electron chi connectivity index (χ0n) is 43.9. The fourth-order valence-corrected chi connectivity index (χ4v) is 8.47. The van der Waals surface area contributed by atoms with Crippen LogP contribution < -0.4 is 0 Å². The molecule has 4 N–H and O–H groups in total. The quantitative estimate of drug-likeness (QED) is 0.0267. The summed E-state index contributed by atoms with van der Waals surface area (Å²) in [5.74, 6) is -0.324. The van der Waals surface area contributed by atoms with Gasteiger partial charge in [-0.05, 0) is 83.5 Å². The Balaban J connectivity index is 2.16. The lowest BCUT2D eigenvalue weighted by Gasteiger charge is -2.39. The number of carbonyl (C=O) groups is 1. The maximum Gasteiger partial charge on any atom is 0.306 e. The minimum Gasteiger partial charge on any atom is -0.457 e. The van der Waals surface area contributed by atoms with Gasteiger partial charge < -0.3 is 39.4 Å². The van der Waals surface area contributed by atoms with Gasteiger partial charge in [0, 0.05) is 13.0 Å². The van der Waals surface area contributed by atoms with Crippen molar-refractivity contribution in [1.29, 1.82) is 0 Å². The van der Waals surface area contributed by atoms with Crippen molar-refractivity contribution >= 4 is 5.97 Å². The number of unbranched alkanes of at least 4 members (excludes halogenated alkanes) is 28. The molecule has 1 aliphatic heterocycles. The lowest BCUT2D eigenvalue weighted by molar-refractivity contribution is -0.305. The van der Waals surface area contributed by atoms with E-state index < -0.39 is 43.4 Å². The van der Waals surface area contributed by atoms with Crippen LogP contribution >= 0.6 is 0 Å². The van der Waals surface area contributed by atoms with Crippen LogP contribution in [0.3, 0.4) is 0 Å². The Labute approximate surface area is 417 Å². The highest BCUT2D eigenvalue weighted by atomic mass is 16.7. The van der Waals surface area contributed by atoms with Gasteiger partial charge in [0.1, 0.15) is 30.5 Å². The number of rotatable bonds is 49. The average Bonchev–Trinajstić information content (AvgIpc) is 3.34. The van der Waals surface area contributed by atoms with Crippen LogP contribution in [0.25, 0.3) is 0 Å². The molecule has 0 spiro atoms. The fraction of sp³-hybridized carbons (Fsp3) is 0.814. The molecule has 68 heavy (non-hydrogen) atoms. The highest BCUT2D eigenvalue weighted by molar-refractivity contribution is 5.69. The summed E-state index contributed by atoms with van der Waals surface area (Å²) >= 11 is 0. The number of hydrogen-bond donors (Lipinski definition) is 4. The third kappa shape index (κ3) is 39.6. The number of aliphatic hydroxyl groups is 4. The Morgan fingerprint density at radius 3 is 1.31 bits per heavy atom. The van der Waals surface area contributed by atoms with Crippen LogP contribution in [0.1, 0.15) is 245 Å². The maximum absolute atomic E-state index is 12.9. The third-order valence-electron chi connectivity index (χ3n) is 12.9. The highest BCUT2D eigenvalue weighted by Crippen LogP contribution is 2.23. The average molecular weight is 959 g/mol. The molecule has 9 nitrogen and oxygen atoms in total. The Kier molecular flexibility index (Phi) is 46.9. The Morgan fingerprint density at radius 1 is 0.471 bits per heavy atom. The van der Waals surface area contributed by atoms with Crippen molar-refractivity contribution in [3.63, 3.8) is 0 Å². The van der Waals surface area contributed by atoms with Gasteiger partial charge in [-0.25, -0.2) is 0 Å². The summed E-state index contributed by atoms with van der Waals surface area (Å²) in [7, 11) is 0. The molecule has 1 fully saturated rings. The van der Waals surface area contributed by atoms with Gasteiger partial charge in [0.2, 0.25) is 0 Å². The summed E-state index contributed by atoms with van der Waals surface area (Å²) in [4.78, 5) is 12.9. The van der Waals surface area contributed by atoms with Crippen LogP contribution in [-0.2, 0) is 23.7 Å². The fourth-order valence-electron chi connectivity index (χ4n) is 8.47. The number of carbonyl (C=O) groups excluding carboxylic acids is 1. The van der Waals surface area contributed by atoms with Crippen LogP contribution in [0.2, 0.25) is 0 Å². The van der Waals surface area contributed by atoms with E-state index in [-0.39, 0.29) is 19.2 Å². The second kappa shape index (κ2) is 49.9. The van der Waals surface area contributed by atoms with Gasteiger partial charge in [0.05, 0.1) is 19.8 Å². The van der Waals surface area contributed by atoms with Gasteiger partial charge in [0.25, 0.3) is 0 Å². The van der Waals surface area contributed by atoms with Crippen molar-refractivity contribution in [3.05, 3.63) is 60.8 Å². The van der Waals surface area contributed by atoms with Crippen LogP contribution in [0, 0.1) is 0 Å². The maximum atomic E-state index is 12.9. The van der Waals surface area contributed by atoms with Crippen molar-refractivity contribution in [2.45, 2.75) is 282 Å². The predicted molar refractivity (Wildman–Crippen MR) is 284 cm³/mol. The summed E-state index contributed by atoms with van der Waals surface area (Å²) in [6.07, 6.45) is 58.3. The van der Waals surface area contributed by atoms with Gasteiger partial charge in [-0.2, -0.15) is 0 Å². The molecule has 1 rings (SSSR count). The Bertz CT molecular complexity index is 1230. The van der Waals surface area contributed by atoms with E-state index in [2.05, 4.69) is 74.6 Å². The van der Waals surface area contributed by atoms with E-state index in [4.69, 9.17) is 18.9 Å². The zero-order valence-corrected chi connectivity index (χ0v) is 43.9. The predicted octanol–water partition coefficient (Wildman–Crippen LogP) is 14.6. The first-order valence-corrected chi connectivity index (χ1v) is 28.4. The molecule has 0 bridgehead atoms. The minimum atomic E-state index is -1.54. The molecule has 396 valence electrons. The van der Waals surface area contributed by atoms with Gasteiger partial charge in [-0.1, -0.05) is 216 Å². The second-order valence-corrected chi connectivity index (χ2v) is 19.4. The molecule has 1 saturated heterocycles. The van der Waals surface area contributed by atoms with E-state index >= 15 is 0 Å². The first-order valence-electron chi connectivity index (χ1n) is 28.4. The molecule has 0 amide bonds. The summed E-state index contributed by atoms with van der Waals surface area (Å²) in [6, 6.07) is 0. The molecule has 9 heteroatoms. The number of esters is 1. The van der Waals surface area contributed by atoms with Gasteiger partial charge in [-0.15, -0.1) is 0 Å². The summed E-state index contributed by atoms with van der Waals surface area (Å²) < 4.78 is 22.9. The van der Waals surface area contributed by atoms with E-state index in [1.165, 1.54) is 161 Å². The van der Waals surface area contributed by atoms with E-state index in [1.807, 2.05) is 0 Å². The lowest BCUT2D eigenvalue weighted by Crippen LogP contribution is -2.59. The molecular weight excluding hydrogens is 853 g/mol. The standard InChI is InChI=1S/C59H106O9/c1-3-5-7-9-11-13-15-17-19-21-23-24-25-26-27-28-29-31-33-35-37-39-41-43-45-47-49-65-51-53(52-66-59-58(64)57(63)56(62)54(50-60)68-59)67-55(61)48-46-44-42-40-38-36-34-32-30-22-20-18-16-14-12-10-8-6-4-2/h12,14-15,17-18,20-21,23,30,32,53-54,56-60,62-64H,3-11,13,16,19,22,24-29,31,33-52H2,1-2H3/b14-12-,17-15-,20-18-,23-21-,32-30-. The van der Waals surface area contributed by atoms with Gasteiger partial charge in [0.15, 0.2) is 6.29 Å². The van der Waals surface area contributed by atoms with Crippen molar-refractivity contribution in [1.82, 2.24) is 0 Å². The first kappa shape index (κ1) is 63.9. The number of ether oxygens (including phenoxy) is 4. The summed E-state index contributed by atoms with van der Waals surface area (Å²) in [5.41, 5.74) is 0. The molecule has 0 aromatic rings. The normalized spacial score (nSPS) is 19.5. The van der Waals surface area contributed by atoms with Crippen molar-refractivity contribution < 1.29 is 44.2 Å². The Morgan fingerprint density at radius 2 is 0.853 bits per heavy atom. The van der Waals surface area contributed by atoms with Gasteiger partial charge in [-0.3, -0.25) is 4.79 Å². The second-order valence-electron chi connectivity index (χ2n) is 19.4. The van der Waals surface area contributed by atoms with Gasteiger partial charge >= 0.3 is 5.97 Å². The smallest absolute Gasteiger partial charge is 0.306 e. The van der Waals surface area contributed by atoms with E-state index in [1.54, 1.807) is 0 Å². The minimum absolute atomic E-state index is 0.120. The van der Waals surface area contributed by atoms with Crippen LogP contribution in [-0.4, -0.2) is 89.6 Å². The zero-order chi connectivity index (χ0) is 49.2. The van der Waals surface area contributed by atoms with E-state index in [0.717, 1.165) is 64.2 Å². The van der Waals surface area contributed by atoms with Crippen molar-refractivity contribution in [2.75, 3.05) is 26.4 Å². The molecule has 6 unspecified atom stereocenters. The SMILES string of the molecule is CCCCC/C=C\C/C=C\C/C=C\CCCCCCCCC(=O)OC(COCCCCCCCCCCCCCCCC/C=C\C/C=C\CCCCCCC)COC1OC(CO)C(O)C(O)C1O. The number of aliphatic hydroxyl groups excluding tert-OH is 4. The molecule has 0 aromatic carbocycles. The molecule has 1 heterocycles. The monoisotopic (exact) mass is 959 g/mol. The van der Waals surface area contributed by atoms with E-state index in [9.17, 15) is 25.2 Å². The molecule has 0 radical (unpaired) electrons. The van der Waals surface area contributed by atoms with Crippen LogP contribution in [0.5, 0.6) is 0 Å². The van der Waals surface area contributed by atoms with E-state index in [0.29, 0.717) is 13.0 Å². The van der Waals surface area contributed by atoms with Crippen LogP contribution in [0.4, 0.5) is 0 Å². The Hall–Kier alpha value is -2.11. The lowest BCUT2D eigenvalue weighted by atomic mass is 9.99. The molecular formula is C59H106O9. The molecule has 1 aliphatic rings. The first-order chi connectivity index (χ1) is 33.4.